The van der Waals surface area contributed by atoms with Crippen molar-refractivity contribution in [2.45, 2.75) is 25.6 Å². The molecule has 0 radical (unpaired) electrons. The molecule has 1 aromatic carbocycles. The Hall–Kier alpha value is -2.23. The molecule has 3 rings (SSSR count). The second kappa shape index (κ2) is 8.42. The molecular formula is C18H23ClF2N4O3. The molecule has 7 nitrogen and oxygen atoms in total. The minimum absolute atomic E-state index is 0. The molecule has 1 aliphatic rings. The Morgan fingerprint density at radius 1 is 1.25 bits per heavy atom. The summed E-state index contributed by atoms with van der Waals surface area (Å²) in [6, 6.07) is 0.954. The summed E-state index contributed by atoms with van der Waals surface area (Å²) in [5, 5.41) is 15.2. The topological polar surface area (TPSA) is 86.6 Å². The molecule has 0 amide bonds. The van der Waals surface area contributed by atoms with E-state index in [1.54, 1.807) is 25.9 Å². The SMILES string of the molecule is CCn1cc(C(=O)O)c(=O)c2cc(F)c(N3C[C@@H](NC)[C@H](NC)C3)c(F)c21.Cl. The number of carbonyl (C=O) groups is 1. The van der Waals surface area contributed by atoms with Crippen molar-refractivity contribution in [2.24, 2.45) is 0 Å². The van der Waals surface area contributed by atoms with Gasteiger partial charge in [-0.25, -0.2) is 13.6 Å². The Balaban J connectivity index is 0.00000280. The van der Waals surface area contributed by atoms with Crippen LogP contribution < -0.4 is 21.0 Å². The molecule has 0 saturated carbocycles. The van der Waals surface area contributed by atoms with E-state index in [1.807, 2.05) is 0 Å². The average Bonchev–Trinajstić information content (AvgIpc) is 3.05. The van der Waals surface area contributed by atoms with Crippen LogP contribution in [0.1, 0.15) is 17.3 Å². The fraction of sp³-hybridized carbons (Fsp3) is 0.444. The third-order valence-corrected chi connectivity index (χ3v) is 5.18. The van der Waals surface area contributed by atoms with Crippen LogP contribution in [0.2, 0.25) is 0 Å². The molecular weight excluding hydrogens is 394 g/mol. The first-order valence-corrected chi connectivity index (χ1v) is 8.71. The van der Waals surface area contributed by atoms with Gasteiger partial charge >= 0.3 is 5.97 Å². The number of halogens is 3. The Bertz CT molecular complexity index is 954. The number of anilines is 1. The van der Waals surface area contributed by atoms with Gasteiger partial charge in [0.2, 0.25) is 5.43 Å². The molecule has 2 aromatic rings. The van der Waals surface area contributed by atoms with Crippen LogP contribution in [0.5, 0.6) is 0 Å². The maximum atomic E-state index is 15.4. The van der Waals surface area contributed by atoms with Crippen LogP contribution in [0.25, 0.3) is 10.9 Å². The summed E-state index contributed by atoms with van der Waals surface area (Å²) >= 11 is 0. The summed E-state index contributed by atoms with van der Waals surface area (Å²) in [6.07, 6.45) is 1.11. The van der Waals surface area contributed by atoms with Gasteiger partial charge < -0.3 is 25.2 Å². The number of nitrogens with zero attached hydrogens (tertiary/aromatic N) is 2. The van der Waals surface area contributed by atoms with E-state index in [1.165, 1.54) is 4.57 Å². The zero-order valence-electron chi connectivity index (χ0n) is 15.8. The second-order valence-corrected chi connectivity index (χ2v) is 6.58. The molecule has 1 saturated heterocycles. The van der Waals surface area contributed by atoms with Gasteiger partial charge in [0, 0.05) is 37.9 Å². The minimum atomic E-state index is -1.43. The number of benzene rings is 1. The smallest absolute Gasteiger partial charge is 0.341 e. The maximum absolute atomic E-state index is 15.4. The standard InChI is InChI=1S/C18H22F2N4O3.ClH/c1-4-23-6-10(18(26)27)17(25)9-5-11(19)16(14(20)15(9)23)24-7-12(21-2)13(8-24)22-3;/h5-6,12-13,21-22H,4,7-8H2,1-3H3,(H,26,27);1H/t12-,13-;/m1./s1. The molecule has 1 aliphatic heterocycles. The first-order chi connectivity index (χ1) is 12.8. The van der Waals surface area contributed by atoms with Crippen molar-refractivity contribution in [3.63, 3.8) is 0 Å². The highest BCUT2D eigenvalue weighted by Crippen LogP contribution is 2.32. The number of hydrogen-bond acceptors (Lipinski definition) is 5. The highest BCUT2D eigenvalue weighted by Gasteiger charge is 2.34. The average molecular weight is 417 g/mol. The zero-order chi connectivity index (χ0) is 19.9. The van der Waals surface area contributed by atoms with Crippen LogP contribution in [0.4, 0.5) is 14.5 Å². The van der Waals surface area contributed by atoms with Crippen molar-refractivity contribution < 1.29 is 18.7 Å². The van der Waals surface area contributed by atoms with Crippen LogP contribution in [-0.2, 0) is 6.54 Å². The second-order valence-electron chi connectivity index (χ2n) is 6.58. The van der Waals surface area contributed by atoms with E-state index in [-0.39, 0.29) is 47.6 Å². The summed E-state index contributed by atoms with van der Waals surface area (Å²) in [5.74, 6) is -3.16. The molecule has 3 N–H and O–H groups in total. The van der Waals surface area contributed by atoms with Crippen LogP contribution in [0.15, 0.2) is 17.1 Å². The van der Waals surface area contributed by atoms with Gasteiger partial charge in [0.1, 0.15) is 17.1 Å². The molecule has 154 valence electrons. The number of fused-ring (bicyclic) bond motifs is 1. The molecule has 0 aliphatic carbocycles. The quantitative estimate of drug-likeness (QED) is 0.683. The Morgan fingerprint density at radius 3 is 2.29 bits per heavy atom. The minimum Gasteiger partial charge on any atom is -0.477 e. The van der Waals surface area contributed by atoms with E-state index >= 15 is 4.39 Å². The summed E-state index contributed by atoms with van der Waals surface area (Å²) in [7, 11) is 3.57. The number of carboxylic acids is 1. The third-order valence-electron chi connectivity index (χ3n) is 5.18. The van der Waals surface area contributed by atoms with Gasteiger partial charge in [-0.05, 0) is 27.1 Å². The molecule has 1 fully saturated rings. The lowest BCUT2D eigenvalue weighted by molar-refractivity contribution is 0.0695. The first-order valence-electron chi connectivity index (χ1n) is 8.71. The molecule has 0 spiro atoms. The van der Waals surface area contributed by atoms with Gasteiger partial charge in [-0.3, -0.25) is 4.79 Å². The van der Waals surface area contributed by atoms with Gasteiger partial charge in [0.25, 0.3) is 0 Å². The summed E-state index contributed by atoms with van der Waals surface area (Å²) in [4.78, 5) is 25.3. The lowest BCUT2D eigenvalue weighted by Crippen LogP contribution is -2.43. The predicted octanol–water partition coefficient (Wildman–Crippen LogP) is 1.42. The van der Waals surface area contributed by atoms with Crippen molar-refractivity contribution >= 4 is 35.0 Å². The highest BCUT2D eigenvalue weighted by molar-refractivity contribution is 5.93. The first kappa shape index (κ1) is 22.1. The Morgan fingerprint density at radius 2 is 1.82 bits per heavy atom. The number of aromatic carboxylic acids is 1. The largest absolute Gasteiger partial charge is 0.477 e. The number of rotatable bonds is 5. The van der Waals surface area contributed by atoms with Crippen LogP contribution in [0.3, 0.4) is 0 Å². The van der Waals surface area contributed by atoms with Crippen molar-refractivity contribution in [1.29, 1.82) is 0 Å². The number of nitrogens with one attached hydrogen (secondary N) is 2. The zero-order valence-corrected chi connectivity index (χ0v) is 16.6. The maximum Gasteiger partial charge on any atom is 0.341 e. The van der Waals surface area contributed by atoms with Gasteiger partial charge in [-0.1, -0.05) is 0 Å². The molecule has 2 atom stereocenters. The van der Waals surface area contributed by atoms with Crippen LogP contribution in [-0.4, -0.2) is 54.9 Å². The Kier molecular flexibility index (Phi) is 6.63. The number of aryl methyl sites for hydroxylation is 1. The lowest BCUT2D eigenvalue weighted by Gasteiger charge is -2.22. The van der Waals surface area contributed by atoms with E-state index in [4.69, 9.17) is 0 Å². The number of likely N-dealkylation sites (N-methyl/N-ethyl adjacent to an activating group) is 2. The van der Waals surface area contributed by atoms with E-state index in [9.17, 15) is 19.1 Å². The molecule has 2 heterocycles. The van der Waals surface area contributed by atoms with E-state index < -0.39 is 28.6 Å². The molecule has 0 unspecified atom stereocenters. The van der Waals surface area contributed by atoms with Crippen molar-refractivity contribution in [2.75, 3.05) is 32.1 Å². The normalized spacial score (nSPS) is 19.1. The predicted molar refractivity (Wildman–Crippen MR) is 106 cm³/mol. The monoisotopic (exact) mass is 416 g/mol. The number of pyridine rings is 1. The van der Waals surface area contributed by atoms with Crippen molar-refractivity contribution in [3.05, 3.63) is 39.7 Å². The molecule has 10 heteroatoms. The summed E-state index contributed by atoms with van der Waals surface area (Å²) in [6.45, 7) is 2.72. The summed E-state index contributed by atoms with van der Waals surface area (Å²) in [5.41, 5.74) is -1.69. The fourth-order valence-corrected chi connectivity index (χ4v) is 3.74. The van der Waals surface area contributed by atoms with Gasteiger partial charge in [-0.15, -0.1) is 12.4 Å². The number of aromatic nitrogens is 1. The van der Waals surface area contributed by atoms with Crippen LogP contribution >= 0.6 is 12.4 Å². The number of carboxylic acid groups (broad SMARTS) is 1. The molecule has 28 heavy (non-hydrogen) atoms. The van der Waals surface area contributed by atoms with Gasteiger partial charge in [-0.2, -0.15) is 0 Å². The van der Waals surface area contributed by atoms with E-state index in [0.29, 0.717) is 13.1 Å². The third kappa shape index (κ3) is 3.45. The molecule has 0 bridgehead atoms. The number of hydrogen-bond donors (Lipinski definition) is 3. The van der Waals surface area contributed by atoms with Gasteiger partial charge in [0.05, 0.1) is 10.9 Å². The van der Waals surface area contributed by atoms with Crippen LogP contribution in [0, 0.1) is 11.6 Å². The molecule has 1 aromatic heterocycles. The highest BCUT2D eigenvalue weighted by atomic mass is 35.5. The van der Waals surface area contributed by atoms with Gasteiger partial charge in [0.15, 0.2) is 5.82 Å². The van der Waals surface area contributed by atoms with Crippen molar-refractivity contribution in [3.8, 4) is 0 Å². The fourth-order valence-electron chi connectivity index (χ4n) is 3.74. The summed E-state index contributed by atoms with van der Waals surface area (Å²) < 4.78 is 31.5. The van der Waals surface area contributed by atoms with E-state index in [2.05, 4.69) is 10.6 Å². The van der Waals surface area contributed by atoms with E-state index in [0.717, 1.165) is 12.3 Å². The lowest BCUT2D eigenvalue weighted by atomic mass is 10.1. The van der Waals surface area contributed by atoms with Crippen molar-refractivity contribution in [1.82, 2.24) is 15.2 Å². The Labute approximate surface area is 166 Å².